The van der Waals surface area contributed by atoms with Crippen molar-refractivity contribution >= 4 is 5.91 Å². The lowest BCUT2D eigenvalue weighted by Crippen LogP contribution is -2.44. The molecular formula is C18H23N3O2. The van der Waals surface area contributed by atoms with Gasteiger partial charge >= 0.3 is 0 Å². The van der Waals surface area contributed by atoms with E-state index in [-0.39, 0.29) is 11.9 Å². The molecule has 23 heavy (non-hydrogen) atoms. The average Bonchev–Trinajstić information content (AvgIpc) is 2.88. The molecule has 0 bridgehead atoms. The third-order valence-electron chi connectivity index (χ3n) is 4.57. The Bertz CT molecular complexity index is 689. The molecule has 0 unspecified atom stereocenters. The SMILES string of the molecule is Cc1ccccc1CC(=O)N1CCOC[C@@H]1c1c(C)n[nH]c1C. The quantitative estimate of drug-likeness (QED) is 0.947. The zero-order chi connectivity index (χ0) is 16.4. The second-order valence-corrected chi connectivity index (χ2v) is 6.13. The maximum absolute atomic E-state index is 12.9. The number of hydrogen-bond donors (Lipinski definition) is 1. The van der Waals surface area contributed by atoms with Crippen LogP contribution in [0.3, 0.4) is 0 Å². The number of amides is 1. The van der Waals surface area contributed by atoms with E-state index in [1.54, 1.807) is 0 Å². The number of nitrogens with one attached hydrogen (secondary N) is 1. The molecule has 2 heterocycles. The van der Waals surface area contributed by atoms with Gasteiger partial charge in [0.15, 0.2) is 0 Å². The predicted octanol–water partition coefficient (Wildman–Crippen LogP) is 2.48. The standard InChI is InChI=1S/C18H23N3O2/c1-12-6-4-5-7-15(12)10-17(22)21-8-9-23-11-16(21)18-13(2)19-20-14(18)3/h4-7,16H,8-11H2,1-3H3,(H,19,20)/t16-/m1/s1. The molecule has 1 aliphatic rings. The summed E-state index contributed by atoms with van der Waals surface area (Å²) in [5, 5.41) is 7.27. The van der Waals surface area contributed by atoms with Gasteiger partial charge in [0.2, 0.25) is 5.91 Å². The Balaban J connectivity index is 1.84. The minimum Gasteiger partial charge on any atom is -0.377 e. The molecule has 1 fully saturated rings. The second-order valence-electron chi connectivity index (χ2n) is 6.13. The Kier molecular flexibility index (Phi) is 4.48. The monoisotopic (exact) mass is 313 g/mol. The van der Waals surface area contributed by atoms with Crippen molar-refractivity contribution in [1.29, 1.82) is 0 Å². The summed E-state index contributed by atoms with van der Waals surface area (Å²) in [6.07, 6.45) is 0.430. The number of hydrogen-bond acceptors (Lipinski definition) is 3. The predicted molar refractivity (Wildman–Crippen MR) is 88.2 cm³/mol. The number of nitrogens with zero attached hydrogens (tertiary/aromatic N) is 2. The maximum atomic E-state index is 12.9. The highest BCUT2D eigenvalue weighted by Crippen LogP contribution is 2.29. The van der Waals surface area contributed by atoms with Crippen molar-refractivity contribution in [3.8, 4) is 0 Å². The van der Waals surface area contributed by atoms with Crippen molar-refractivity contribution in [3.05, 3.63) is 52.3 Å². The average molecular weight is 313 g/mol. The molecule has 5 heteroatoms. The van der Waals surface area contributed by atoms with Crippen molar-refractivity contribution in [2.24, 2.45) is 0 Å². The first kappa shape index (κ1) is 15.7. The van der Waals surface area contributed by atoms with Crippen LogP contribution in [0.25, 0.3) is 0 Å². The van der Waals surface area contributed by atoms with Gasteiger partial charge in [-0.2, -0.15) is 5.10 Å². The van der Waals surface area contributed by atoms with E-state index in [0.717, 1.165) is 28.1 Å². The maximum Gasteiger partial charge on any atom is 0.227 e. The first-order chi connectivity index (χ1) is 11.1. The molecule has 1 aromatic heterocycles. The summed E-state index contributed by atoms with van der Waals surface area (Å²) in [6, 6.07) is 8.00. The minimum absolute atomic E-state index is 0.0565. The number of rotatable bonds is 3. The molecule has 1 atom stereocenters. The molecule has 0 radical (unpaired) electrons. The molecule has 5 nitrogen and oxygen atoms in total. The Morgan fingerprint density at radius 1 is 1.35 bits per heavy atom. The van der Waals surface area contributed by atoms with Gasteiger partial charge in [0.1, 0.15) is 0 Å². The fourth-order valence-electron chi connectivity index (χ4n) is 3.26. The molecule has 1 amide bonds. The lowest BCUT2D eigenvalue weighted by Gasteiger charge is -2.36. The van der Waals surface area contributed by atoms with Crippen LogP contribution in [0, 0.1) is 20.8 Å². The van der Waals surface area contributed by atoms with Crippen LogP contribution in [0.15, 0.2) is 24.3 Å². The van der Waals surface area contributed by atoms with Gasteiger partial charge in [0.25, 0.3) is 0 Å². The number of aromatic nitrogens is 2. The largest absolute Gasteiger partial charge is 0.377 e. The summed E-state index contributed by atoms with van der Waals surface area (Å²) in [4.78, 5) is 14.8. The molecule has 1 saturated heterocycles. The van der Waals surface area contributed by atoms with Crippen molar-refractivity contribution in [2.45, 2.75) is 33.2 Å². The zero-order valence-electron chi connectivity index (χ0n) is 13.9. The molecule has 122 valence electrons. The number of carbonyl (C=O) groups is 1. The summed E-state index contributed by atoms with van der Waals surface area (Å²) in [6.45, 7) is 7.75. The van der Waals surface area contributed by atoms with Crippen LogP contribution >= 0.6 is 0 Å². The third kappa shape index (κ3) is 3.15. The van der Waals surface area contributed by atoms with Crippen molar-refractivity contribution in [2.75, 3.05) is 19.8 Å². The highest BCUT2D eigenvalue weighted by atomic mass is 16.5. The van der Waals surface area contributed by atoms with Crippen LogP contribution in [0.5, 0.6) is 0 Å². The number of aryl methyl sites for hydroxylation is 3. The molecule has 1 aliphatic heterocycles. The third-order valence-corrected chi connectivity index (χ3v) is 4.57. The normalized spacial score (nSPS) is 18.2. The summed E-state index contributed by atoms with van der Waals surface area (Å²) in [7, 11) is 0. The topological polar surface area (TPSA) is 58.2 Å². The van der Waals surface area contributed by atoms with E-state index in [1.807, 2.05) is 49.9 Å². The fraction of sp³-hybridized carbons (Fsp3) is 0.444. The van der Waals surface area contributed by atoms with Crippen LogP contribution in [-0.4, -0.2) is 40.8 Å². The summed E-state index contributed by atoms with van der Waals surface area (Å²) >= 11 is 0. The molecular weight excluding hydrogens is 290 g/mol. The highest BCUT2D eigenvalue weighted by molar-refractivity contribution is 5.79. The number of ether oxygens (including phenoxy) is 1. The van der Waals surface area contributed by atoms with Gasteiger partial charge in [0.05, 0.1) is 31.4 Å². The van der Waals surface area contributed by atoms with E-state index in [0.29, 0.717) is 26.2 Å². The summed E-state index contributed by atoms with van der Waals surface area (Å²) in [5.41, 5.74) is 5.27. The lowest BCUT2D eigenvalue weighted by atomic mass is 10.0. The first-order valence-corrected chi connectivity index (χ1v) is 8.01. The van der Waals surface area contributed by atoms with Gasteiger partial charge in [-0.3, -0.25) is 9.89 Å². The Morgan fingerprint density at radius 3 is 2.83 bits per heavy atom. The number of aromatic amines is 1. The number of morpholine rings is 1. The fourth-order valence-corrected chi connectivity index (χ4v) is 3.26. The van der Waals surface area contributed by atoms with E-state index in [2.05, 4.69) is 10.2 Å². The Morgan fingerprint density at radius 2 is 2.13 bits per heavy atom. The minimum atomic E-state index is -0.0565. The van der Waals surface area contributed by atoms with Crippen molar-refractivity contribution in [1.82, 2.24) is 15.1 Å². The lowest BCUT2D eigenvalue weighted by molar-refractivity contribution is -0.139. The van der Waals surface area contributed by atoms with Gasteiger partial charge in [-0.1, -0.05) is 24.3 Å². The molecule has 3 rings (SSSR count). The summed E-state index contributed by atoms with van der Waals surface area (Å²) < 4.78 is 5.63. The van der Waals surface area contributed by atoms with Crippen LogP contribution in [0.1, 0.15) is 34.1 Å². The van der Waals surface area contributed by atoms with Gasteiger partial charge in [0, 0.05) is 17.8 Å². The molecule has 0 spiro atoms. The molecule has 1 N–H and O–H groups in total. The first-order valence-electron chi connectivity index (χ1n) is 8.01. The smallest absolute Gasteiger partial charge is 0.227 e. The van der Waals surface area contributed by atoms with Gasteiger partial charge in [-0.05, 0) is 31.9 Å². The van der Waals surface area contributed by atoms with Crippen molar-refractivity contribution < 1.29 is 9.53 Å². The second kappa shape index (κ2) is 6.54. The molecule has 1 aromatic carbocycles. The van der Waals surface area contributed by atoms with E-state index in [4.69, 9.17) is 4.74 Å². The van der Waals surface area contributed by atoms with Crippen LogP contribution < -0.4 is 0 Å². The van der Waals surface area contributed by atoms with Crippen LogP contribution in [0.4, 0.5) is 0 Å². The molecule has 0 aliphatic carbocycles. The number of H-pyrrole nitrogens is 1. The van der Waals surface area contributed by atoms with Gasteiger partial charge in [-0.15, -0.1) is 0 Å². The number of benzene rings is 1. The zero-order valence-corrected chi connectivity index (χ0v) is 13.9. The Labute approximate surface area is 136 Å². The van der Waals surface area contributed by atoms with Crippen LogP contribution in [0.2, 0.25) is 0 Å². The molecule has 0 saturated carbocycles. The van der Waals surface area contributed by atoms with E-state index in [9.17, 15) is 4.79 Å². The highest BCUT2D eigenvalue weighted by Gasteiger charge is 2.31. The summed E-state index contributed by atoms with van der Waals surface area (Å²) in [5.74, 6) is 0.146. The van der Waals surface area contributed by atoms with Gasteiger partial charge in [-0.25, -0.2) is 0 Å². The van der Waals surface area contributed by atoms with Gasteiger partial charge < -0.3 is 9.64 Å². The Hall–Kier alpha value is -2.14. The van der Waals surface area contributed by atoms with E-state index >= 15 is 0 Å². The van der Waals surface area contributed by atoms with E-state index < -0.39 is 0 Å². The van der Waals surface area contributed by atoms with Crippen LogP contribution in [-0.2, 0) is 16.0 Å². The van der Waals surface area contributed by atoms with E-state index in [1.165, 1.54) is 0 Å². The van der Waals surface area contributed by atoms with Crippen molar-refractivity contribution in [3.63, 3.8) is 0 Å². The number of carbonyl (C=O) groups excluding carboxylic acids is 1. The molecule has 2 aromatic rings.